The Morgan fingerprint density at radius 2 is 1.66 bits per heavy atom. The minimum Gasteiger partial charge on any atom is -0.493 e. The lowest BCUT2D eigenvalue weighted by atomic mass is 10.1. The second kappa shape index (κ2) is 9.46. The molecule has 0 saturated carbocycles. The van der Waals surface area contributed by atoms with Gasteiger partial charge in [0.05, 0.1) is 40.4 Å². The van der Waals surface area contributed by atoms with Crippen LogP contribution in [-0.4, -0.2) is 50.4 Å². The molecule has 0 radical (unpaired) electrons. The van der Waals surface area contributed by atoms with Crippen molar-refractivity contribution in [2.24, 2.45) is 0 Å². The van der Waals surface area contributed by atoms with Crippen LogP contribution in [0.15, 0.2) is 30.3 Å². The summed E-state index contributed by atoms with van der Waals surface area (Å²) in [5.41, 5.74) is 6.10. The van der Waals surface area contributed by atoms with Crippen molar-refractivity contribution in [3.63, 3.8) is 0 Å². The smallest absolute Gasteiger partial charge is 0.173 e. The Hall–Kier alpha value is -2.31. The Morgan fingerprint density at radius 1 is 1.00 bits per heavy atom. The largest absolute Gasteiger partial charge is 0.493 e. The molecule has 0 amide bonds. The number of nitrogens with zero attached hydrogens (tertiary/aromatic N) is 1. The molecule has 6 heteroatoms. The van der Waals surface area contributed by atoms with Gasteiger partial charge in [-0.15, -0.1) is 0 Å². The second-order valence-corrected chi connectivity index (χ2v) is 8.18. The lowest BCUT2D eigenvalue weighted by Crippen LogP contribution is -3.13. The van der Waals surface area contributed by atoms with Crippen molar-refractivity contribution in [3.8, 4) is 11.5 Å². The van der Waals surface area contributed by atoms with Crippen LogP contribution >= 0.6 is 12.2 Å². The van der Waals surface area contributed by atoms with Gasteiger partial charge in [-0.05, 0) is 67.9 Å². The lowest BCUT2D eigenvalue weighted by molar-refractivity contribution is -0.917. The highest BCUT2D eigenvalue weighted by Gasteiger charge is 2.23. The molecule has 1 heterocycles. The van der Waals surface area contributed by atoms with Gasteiger partial charge in [0.15, 0.2) is 16.6 Å². The van der Waals surface area contributed by atoms with Crippen molar-refractivity contribution in [2.75, 3.05) is 45.7 Å². The zero-order chi connectivity index (χ0) is 21.0. The molecule has 156 valence electrons. The van der Waals surface area contributed by atoms with E-state index >= 15 is 0 Å². The van der Waals surface area contributed by atoms with Crippen LogP contribution in [0.5, 0.6) is 11.5 Å². The molecule has 1 aliphatic heterocycles. The zero-order valence-electron chi connectivity index (χ0n) is 18.1. The van der Waals surface area contributed by atoms with E-state index in [9.17, 15) is 0 Å². The van der Waals surface area contributed by atoms with E-state index < -0.39 is 0 Å². The van der Waals surface area contributed by atoms with Crippen molar-refractivity contribution < 1.29 is 14.4 Å². The van der Waals surface area contributed by atoms with Crippen LogP contribution < -0.4 is 19.7 Å². The number of aryl methyl sites for hydroxylation is 3. The molecule has 29 heavy (non-hydrogen) atoms. The van der Waals surface area contributed by atoms with Crippen LogP contribution in [0.2, 0.25) is 0 Å². The van der Waals surface area contributed by atoms with Crippen molar-refractivity contribution >= 4 is 23.0 Å². The van der Waals surface area contributed by atoms with Crippen LogP contribution in [0.25, 0.3) is 0 Å². The van der Waals surface area contributed by atoms with Gasteiger partial charge in [0.25, 0.3) is 0 Å². The summed E-state index contributed by atoms with van der Waals surface area (Å²) in [5.74, 6) is 1.58. The standard InChI is InChI=1S/C23H31N3O2S/c1-16-6-7-17(2)20(12-16)24-23(29)26-10-8-25(9-11-26)15-19-14-22(28-5)21(27-4)13-18(19)3/h6-7,12-14H,8-11,15H2,1-5H3,(H,24,29)/p+1. The molecule has 5 nitrogen and oxygen atoms in total. The summed E-state index contributed by atoms with van der Waals surface area (Å²) in [6, 6.07) is 10.6. The molecule has 0 aliphatic carbocycles. The molecular formula is C23H32N3O2S+. The summed E-state index contributed by atoms with van der Waals surface area (Å²) >= 11 is 5.68. The van der Waals surface area contributed by atoms with E-state index in [1.165, 1.54) is 22.3 Å². The molecule has 2 aromatic rings. The number of methoxy groups -OCH3 is 2. The number of piperazine rings is 1. The molecule has 1 saturated heterocycles. The number of quaternary nitrogens is 1. The average molecular weight is 415 g/mol. The highest BCUT2D eigenvalue weighted by Crippen LogP contribution is 2.30. The molecule has 0 spiro atoms. The lowest BCUT2D eigenvalue weighted by Gasteiger charge is -2.34. The molecule has 0 atom stereocenters. The third-order valence-corrected chi connectivity index (χ3v) is 6.04. The maximum absolute atomic E-state index is 5.68. The third kappa shape index (κ3) is 5.19. The van der Waals surface area contributed by atoms with Crippen LogP contribution in [0, 0.1) is 20.8 Å². The molecule has 1 aliphatic rings. The van der Waals surface area contributed by atoms with Gasteiger partial charge in [0.2, 0.25) is 0 Å². The summed E-state index contributed by atoms with van der Waals surface area (Å²) in [5, 5.41) is 4.26. The predicted octanol–water partition coefficient (Wildman–Crippen LogP) is 2.73. The van der Waals surface area contributed by atoms with E-state index in [0.717, 1.165) is 55.0 Å². The summed E-state index contributed by atoms with van der Waals surface area (Å²) in [7, 11) is 3.36. The highest BCUT2D eigenvalue weighted by atomic mass is 32.1. The number of anilines is 1. The third-order valence-electron chi connectivity index (χ3n) is 5.67. The molecule has 0 aromatic heterocycles. The Balaban J connectivity index is 1.58. The van der Waals surface area contributed by atoms with E-state index in [1.54, 1.807) is 19.1 Å². The van der Waals surface area contributed by atoms with E-state index in [0.29, 0.717) is 0 Å². The maximum atomic E-state index is 5.68. The van der Waals surface area contributed by atoms with Crippen LogP contribution in [0.3, 0.4) is 0 Å². The Bertz CT molecular complexity index is 877. The summed E-state index contributed by atoms with van der Waals surface area (Å²) in [6.45, 7) is 11.4. The first-order valence-electron chi connectivity index (χ1n) is 10.1. The molecule has 3 rings (SSSR count). The molecular weight excluding hydrogens is 382 g/mol. The summed E-state index contributed by atoms with van der Waals surface area (Å²) < 4.78 is 10.9. The maximum Gasteiger partial charge on any atom is 0.173 e. The minimum atomic E-state index is 0.788. The molecule has 2 aromatic carbocycles. The Labute approximate surface area is 179 Å². The second-order valence-electron chi connectivity index (χ2n) is 7.80. The normalized spacial score (nSPS) is 14.6. The SMILES string of the molecule is COc1cc(C)c(C[NH+]2CCN(C(=S)Nc3cc(C)ccc3C)CC2)cc1OC. The topological polar surface area (TPSA) is 38.2 Å². The molecule has 2 N–H and O–H groups in total. The summed E-state index contributed by atoms with van der Waals surface area (Å²) in [4.78, 5) is 3.84. The average Bonchev–Trinajstić information content (AvgIpc) is 2.72. The highest BCUT2D eigenvalue weighted by molar-refractivity contribution is 7.80. The zero-order valence-corrected chi connectivity index (χ0v) is 18.9. The van der Waals surface area contributed by atoms with Gasteiger partial charge in [-0.3, -0.25) is 0 Å². The van der Waals surface area contributed by atoms with Gasteiger partial charge in [0, 0.05) is 11.3 Å². The van der Waals surface area contributed by atoms with Crippen LogP contribution in [-0.2, 0) is 6.54 Å². The number of ether oxygens (including phenoxy) is 2. The summed E-state index contributed by atoms with van der Waals surface area (Å²) in [6.07, 6.45) is 0. The number of hydrogen-bond donors (Lipinski definition) is 2. The van der Waals surface area contributed by atoms with Gasteiger partial charge in [-0.2, -0.15) is 0 Å². The number of thiocarbonyl (C=S) groups is 1. The van der Waals surface area contributed by atoms with E-state index in [2.05, 4.69) is 61.3 Å². The van der Waals surface area contributed by atoms with Gasteiger partial charge < -0.3 is 24.6 Å². The van der Waals surface area contributed by atoms with E-state index in [4.69, 9.17) is 21.7 Å². The van der Waals surface area contributed by atoms with Crippen molar-refractivity contribution in [2.45, 2.75) is 27.3 Å². The first-order valence-corrected chi connectivity index (χ1v) is 10.5. The quantitative estimate of drug-likeness (QED) is 0.736. The molecule has 0 unspecified atom stereocenters. The van der Waals surface area contributed by atoms with Gasteiger partial charge in [-0.1, -0.05) is 12.1 Å². The number of rotatable bonds is 5. The van der Waals surface area contributed by atoms with Crippen LogP contribution in [0.4, 0.5) is 5.69 Å². The van der Waals surface area contributed by atoms with Gasteiger partial charge in [0.1, 0.15) is 6.54 Å². The Morgan fingerprint density at radius 3 is 2.31 bits per heavy atom. The fourth-order valence-corrected chi connectivity index (χ4v) is 4.04. The van der Waals surface area contributed by atoms with Gasteiger partial charge in [-0.25, -0.2) is 0 Å². The first-order chi connectivity index (χ1) is 13.9. The monoisotopic (exact) mass is 414 g/mol. The fraction of sp³-hybridized carbons (Fsp3) is 0.435. The molecule has 0 bridgehead atoms. The molecule has 1 fully saturated rings. The first kappa shape index (κ1) is 21.4. The van der Waals surface area contributed by atoms with Crippen molar-refractivity contribution in [1.29, 1.82) is 0 Å². The fourth-order valence-electron chi connectivity index (χ4n) is 3.75. The minimum absolute atomic E-state index is 0.788. The number of benzene rings is 2. The van der Waals surface area contributed by atoms with Gasteiger partial charge >= 0.3 is 0 Å². The predicted molar refractivity (Wildman–Crippen MR) is 122 cm³/mol. The van der Waals surface area contributed by atoms with Crippen LogP contribution in [0.1, 0.15) is 22.3 Å². The van der Waals surface area contributed by atoms with Crippen molar-refractivity contribution in [3.05, 3.63) is 52.6 Å². The van der Waals surface area contributed by atoms with E-state index in [1.807, 2.05) is 0 Å². The number of nitrogens with one attached hydrogen (secondary N) is 2. The Kier molecular flexibility index (Phi) is 6.98. The van der Waals surface area contributed by atoms with E-state index in [-0.39, 0.29) is 0 Å². The van der Waals surface area contributed by atoms with Crippen molar-refractivity contribution in [1.82, 2.24) is 4.90 Å². The number of hydrogen-bond acceptors (Lipinski definition) is 3.